The predicted molar refractivity (Wildman–Crippen MR) is 92.5 cm³/mol. The molecule has 3 rings (SSSR count). The monoisotopic (exact) mass is 364 g/mol. The molecule has 1 atom stereocenters. The van der Waals surface area contributed by atoms with Gasteiger partial charge >= 0.3 is 0 Å². The summed E-state index contributed by atoms with van der Waals surface area (Å²) in [6.45, 7) is 4.40. The van der Waals surface area contributed by atoms with Crippen molar-refractivity contribution in [3.05, 3.63) is 33.1 Å². The first-order chi connectivity index (χ1) is 9.58. The van der Waals surface area contributed by atoms with E-state index in [1.54, 1.807) is 6.07 Å². The minimum absolute atomic E-state index is 0. The van der Waals surface area contributed by atoms with Crippen molar-refractivity contribution in [1.82, 2.24) is 10.2 Å². The fourth-order valence-electron chi connectivity index (χ4n) is 2.45. The molecule has 3 nitrogen and oxygen atoms in total. The van der Waals surface area contributed by atoms with Crippen LogP contribution in [-0.2, 0) is 0 Å². The zero-order valence-electron chi connectivity index (χ0n) is 11.4. The van der Waals surface area contributed by atoms with E-state index in [1.165, 1.54) is 11.3 Å². The van der Waals surface area contributed by atoms with E-state index in [0.717, 1.165) is 23.2 Å². The van der Waals surface area contributed by atoms with Crippen LogP contribution in [0.4, 0.5) is 0 Å². The third-order valence-electron chi connectivity index (χ3n) is 3.55. The Kier molecular flexibility index (Phi) is 5.38. The van der Waals surface area contributed by atoms with Crippen LogP contribution in [0.25, 0.3) is 10.1 Å². The largest absolute Gasteiger partial charge is 0.333 e. The fourth-order valence-corrected chi connectivity index (χ4v) is 4.19. The van der Waals surface area contributed by atoms with Crippen molar-refractivity contribution in [3.63, 3.8) is 0 Å². The number of piperazine rings is 1. The quantitative estimate of drug-likeness (QED) is 0.826. The molecule has 0 radical (unpaired) electrons. The molecule has 21 heavy (non-hydrogen) atoms. The Labute approximate surface area is 143 Å². The van der Waals surface area contributed by atoms with Gasteiger partial charge in [-0.25, -0.2) is 0 Å². The summed E-state index contributed by atoms with van der Waals surface area (Å²) in [5.41, 5.74) is 0. The SMILES string of the molecule is C[C@H]1CNCCN1C(=O)c1sc2cc(Cl)ccc2c1Cl.Cl. The van der Waals surface area contributed by atoms with Crippen LogP contribution in [-0.4, -0.2) is 36.5 Å². The summed E-state index contributed by atoms with van der Waals surface area (Å²) in [6.07, 6.45) is 0. The Balaban J connectivity index is 0.00000161. The summed E-state index contributed by atoms with van der Waals surface area (Å²) in [7, 11) is 0. The standard InChI is InChI=1S/C14H14Cl2N2OS.ClH/c1-8-7-17-4-5-18(8)14(19)13-12(16)10-3-2-9(15)6-11(10)20-13;/h2-3,6,8,17H,4-5,7H2,1H3;1H/t8-;/m0./s1. The summed E-state index contributed by atoms with van der Waals surface area (Å²) in [5, 5.41) is 5.37. The van der Waals surface area contributed by atoms with Gasteiger partial charge in [0.05, 0.1) is 5.02 Å². The smallest absolute Gasteiger partial charge is 0.265 e. The number of halogens is 3. The number of nitrogens with zero attached hydrogens (tertiary/aromatic N) is 1. The second-order valence-electron chi connectivity index (χ2n) is 4.94. The van der Waals surface area contributed by atoms with E-state index in [4.69, 9.17) is 23.2 Å². The first-order valence-electron chi connectivity index (χ1n) is 6.47. The van der Waals surface area contributed by atoms with Gasteiger partial charge in [0.1, 0.15) is 4.88 Å². The maximum Gasteiger partial charge on any atom is 0.265 e. The molecule has 0 unspecified atom stereocenters. The Morgan fingerprint density at radius 3 is 2.90 bits per heavy atom. The lowest BCUT2D eigenvalue weighted by molar-refractivity contribution is 0.0661. The molecule has 0 saturated carbocycles. The number of benzene rings is 1. The molecule has 1 saturated heterocycles. The topological polar surface area (TPSA) is 32.3 Å². The first-order valence-corrected chi connectivity index (χ1v) is 8.04. The third-order valence-corrected chi connectivity index (χ3v) is 5.43. The van der Waals surface area contributed by atoms with Gasteiger partial charge in [-0.05, 0) is 19.1 Å². The number of rotatable bonds is 1. The average Bonchev–Trinajstić information content (AvgIpc) is 2.75. The van der Waals surface area contributed by atoms with Gasteiger partial charge in [-0.2, -0.15) is 0 Å². The van der Waals surface area contributed by atoms with Crippen LogP contribution < -0.4 is 5.32 Å². The molecule has 1 aliphatic rings. The second-order valence-corrected chi connectivity index (χ2v) is 6.80. The average molecular weight is 366 g/mol. The lowest BCUT2D eigenvalue weighted by atomic mass is 10.2. The molecule has 1 aliphatic heterocycles. The van der Waals surface area contributed by atoms with Crippen molar-refractivity contribution in [2.75, 3.05) is 19.6 Å². The number of thiophene rings is 1. The molecule has 1 aromatic carbocycles. The van der Waals surface area contributed by atoms with Gasteiger partial charge in [0.15, 0.2) is 0 Å². The van der Waals surface area contributed by atoms with Crippen LogP contribution in [0.3, 0.4) is 0 Å². The van der Waals surface area contributed by atoms with Crippen LogP contribution in [0.15, 0.2) is 18.2 Å². The van der Waals surface area contributed by atoms with Gasteiger partial charge in [0.25, 0.3) is 5.91 Å². The van der Waals surface area contributed by atoms with E-state index in [2.05, 4.69) is 5.32 Å². The summed E-state index contributed by atoms with van der Waals surface area (Å²) in [6, 6.07) is 5.70. The van der Waals surface area contributed by atoms with Crippen molar-refractivity contribution in [2.45, 2.75) is 13.0 Å². The highest BCUT2D eigenvalue weighted by atomic mass is 35.5. The van der Waals surface area contributed by atoms with Crippen LogP contribution in [0.2, 0.25) is 10.0 Å². The number of nitrogens with one attached hydrogen (secondary N) is 1. The van der Waals surface area contributed by atoms with E-state index in [-0.39, 0.29) is 24.4 Å². The van der Waals surface area contributed by atoms with E-state index in [0.29, 0.717) is 21.5 Å². The Hall–Kier alpha value is -0.520. The minimum atomic E-state index is 0. The summed E-state index contributed by atoms with van der Waals surface area (Å²) in [4.78, 5) is 15.2. The predicted octanol–water partition coefficient (Wildman–Crippen LogP) is 4.06. The van der Waals surface area contributed by atoms with Crippen LogP contribution in [0.1, 0.15) is 16.6 Å². The Bertz CT molecular complexity index is 674. The number of hydrogen-bond acceptors (Lipinski definition) is 3. The zero-order valence-corrected chi connectivity index (χ0v) is 14.5. The van der Waals surface area contributed by atoms with Gasteiger partial charge in [-0.3, -0.25) is 4.79 Å². The van der Waals surface area contributed by atoms with Crippen molar-refractivity contribution >= 4 is 62.9 Å². The molecule has 1 N–H and O–H groups in total. The number of fused-ring (bicyclic) bond motifs is 1. The normalized spacial score (nSPS) is 18.6. The number of carbonyl (C=O) groups excluding carboxylic acids is 1. The van der Waals surface area contributed by atoms with Gasteiger partial charge in [0, 0.05) is 40.8 Å². The second kappa shape index (κ2) is 6.71. The van der Waals surface area contributed by atoms with Crippen LogP contribution >= 0.6 is 46.9 Å². The van der Waals surface area contributed by atoms with E-state index in [1.807, 2.05) is 24.0 Å². The van der Waals surface area contributed by atoms with Gasteiger partial charge in [-0.15, -0.1) is 23.7 Å². The number of hydrogen-bond donors (Lipinski definition) is 1. The highest BCUT2D eigenvalue weighted by molar-refractivity contribution is 7.21. The molecule has 2 aromatic rings. The molecule has 114 valence electrons. The molecule has 1 aromatic heterocycles. The highest BCUT2D eigenvalue weighted by Crippen LogP contribution is 2.37. The van der Waals surface area contributed by atoms with Gasteiger partial charge in [-0.1, -0.05) is 29.3 Å². The van der Waals surface area contributed by atoms with Crippen molar-refractivity contribution in [2.24, 2.45) is 0 Å². The maximum atomic E-state index is 12.7. The fraction of sp³-hybridized carbons (Fsp3) is 0.357. The van der Waals surface area contributed by atoms with Crippen molar-refractivity contribution < 1.29 is 4.79 Å². The molecule has 1 amide bonds. The number of carbonyl (C=O) groups is 1. The molecule has 0 spiro atoms. The molecule has 1 fully saturated rings. The first kappa shape index (κ1) is 16.8. The van der Waals surface area contributed by atoms with Crippen molar-refractivity contribution in [1.29, 1.82) is 0 Å². The maximum absolute atomic E-state index is 12.7. The molecule has 0 aliphatic carbocycles. The molecule has 2 heterocycles. The number of amides is 1. The highest BCUT2D eigenvalue weighted by Gasteiger charge is 2.27. The molecular formula is C14H15Cl3N2OS. The lowest BCUT2D eigenvalue weighted by Gasteiger charge is -2.33. The van der Waals surface area contributed by atoms with E-state index in [9.17, 15) is 4.79 Å². The van der Waals surface area contributed by atoms with Crippen molar-refractivity contribution in [3.8, 4) is 0 Å². The van der Waals surface area contributed by atoms with Gasteiger partial charge < -0.3 is 10.2 Å². The third kappa shape index (κ3) is 3.15. The van der Waals surface area contributed by atoms with E-state index >= 15 is 0 Å². The lowest BCUT2D eigenvalue weighted by Crippen LogP contribution is -2.52. The molecular weight excluding hydrogens is 351 g/mol. The van der Waals surface area contributed by atoms with Crippen LogP contribution in [0.5, 0.6) is 0 Å². The molecule has 7 heteroatoms. The van der Waals surface area contributed by atoms with Crippen LogP contribution in [0, 0.1) is 0 Å². The minimum Gasteiger partial charge on any atom is -0.333 e. The van der Waals surface area contributed by atoms with Gasteiger partial charge in [0.2, 0.25) is 0 Å². The summed E-state index contributed by atoms with van der Waals surface area (Å²) >= 11 is 13.8. The summed E-state index contributed by atoms with van der Waals surface area (Å²) in [5.74, 6) is 0.0151. The Morgan fingerprint density at radius 2 is 2.19 bits per heavy atom. The molecule has 0 bridgehead atoms. The van der Waals surface area contributed by atoms with E-state index < -0.39 is 0 Å². The summed E-state index contributed by atoms with van der Waals surface area (Å²) < 4.78 is 0.952. The Morgan fingerprint density at radius 1 is 1.43 bits per heavy atom. The zero-order chi connectivity index (χ0) is 14.3.